The Morgan fingerprint density at radius 3 is 2.69 bits per heavy atom. The van der Waals surface area contributed by atoms with Gasteiger partial charge in [-0.05, 0) is 52.0 Å². The second kappa shape index (κ2) is 8.55. The summed E-state index contributed by atoms with van der Waals surface area (Å²) in [5, 5.41) is 1.37. The number of amides is 1. The smallest absolute Gasteiger partial charge is 0.231 e. The van der Waals surface area contributed by atoms with E-state index in [0.29, 0.717) is 17.3 Å². The summed E-state index contributed by atoms with van der Waals surface area (Å²) in [6.07, 6.45) is 5.16. The van der Waals surface area contributed by atoms with Crippen molar-refractivity contribution in [3.63, 3.8) is 0 Å². The average Bonchev–Trinajstić information content (AvgIpc) is 3.28. The molecule has 0 atom stereocenters. The summed E-state index contributed by atoms with van der Waals surface area (Å²) < 4.78 is 6.30. The zero-order valence-corrected chi connectivity index (χ0v) is 17.2. The molecule has 1 fully saturated rings. The molecule has 1 aromatic heterocycles. The molecule has 26 heavy (non-hydrogen) atoms. The Morgan fingerprint density at radius 2 is 2.04 bits per heavy atom. The van der Waals surface area contributed by atoms with Crippen molar-refractivity contribution in [1.29, 1.82) is 0 Å². The number of fused-ring (bicyclic) bond motifs is 1. The Balaban J connectivity index is 1.93. The van der Waals surface area contributed by atoms with Gasteiger partial charge in [-0.25, -0.2) is 4.98 Å². The van der Waals surface area contributed by atoms with Crippen molar-refractivity contribution in [2.45, 2.75) is 32.1 Å². The first kappa shape index (κ1) is 19.4. The number of carbonyl (C=O) groups is 1. The molecule has 1 aliphatic rings. The number of nitrogens with zero attached hydrogens (tertiary/aromatic N) is 3. The fraction of sp³-hybridized carbons (Fsp3) is 0.579. The van der Waals surface area contributed by atoms with Crippen LogP contribution in [0.1, 0.15) is 32.1 Å². The van der Waals surface area contributed by atoms with Crippen molar-refractivity contribution in [3.05, 3.63) is 17.2 Å². The van der Waals surface area contributed by atoms with Crippen LogP contribution in [-0.4, -0.2) is 50.1 Å². The van der Waals surface area contributed by atoms with Crippen LogP contribution in [0.2, 0.25) is 5.02 Å². The van der Waals surface area contributed by atoms with Crippen molar-refractivity contribution in [1.82, 2.24) is 9.88 Å². The summed E-state index contributed by atoms with van der Waals surface area (Å²) in [4.78, 5) is 21.9. The fourth-order valence-electron chi connectivity index (χ4n) is 3.46. The van der Waals surface area contributed by atoms with Gasteiger partial charge in [-0.2, -0.15) is 0 Å². The van der Waals surface area contributed by atoms with E-state index in [1.807, 2.05) is 31.1 Å². The SMILES string of the molecule is COc1ccc(Cl)c2sc(N(CCCN(C)C)C(=O)C3CCCC3)nc12. The topological polar surface area (TPSA) is 45.7 Å². The second-order valence-electron chi connectivity index (χ2n) is 7.05. The lowest BCUT2D eigenvalue weighted by Crippen LogP contribution is -2.37. The molecule has 0 radical (unpaired) electrons. The van der Waals surface area contributed by atoms with E-state index in [-0.39, 0.29) is 11.8 Å². The van der Waals surface area contributed by atoms with E-state index in [1.54, 1.807) is 7.11 Å². The first-order valence-corrected chi connectivity index (χ1v) is 10.3. The summed E-state index contributed by atoms with van der Waals surface area (Å²) >= 11 is 7.84. The number of hydrogen-bond acceptors (Lipinski definition) is 5. The van der Waals surface area contributed by atoms with Crippen LogP contribution < -0.4 is 9.64 Å². The molecule has 1 saturated carbocycles. The average molecular weight is 396 g/mol. The lowest BCUT2D eigenvalue weighted by atomic mass is 10.1. The van der Waals surface area contributed by atoms with Crippen molar-refractivity contribution in [2.24, 2.45) is 5.92 Å². The maximum absolute atomic E-state index is 13.2. The van der Waals surface area contributed by atoms with Crippen LogP contribution in [0, 0.1) is 5.92 Å². The minimum Gasteiger partial charge on any atom is -0.494 e. The van der Waals surface area contributed by atoms with Crippen molar-refractivity contribution in [3.8, 4) is 5.75 Å². The quantitative estimate of drug-likeness (QED) is 0.695. The Morgan fingerprint density at radius 1 is 1.31 bits per heavy atom. The predicted molar refractivity (Wildman–Crippen MR) is 109 cm³/mol. The number of anilines is 1. The van der Waals surface area contributed by atoms with E-state index in [0.717, 1.165) is 54.0 Å². The molecule has 1 aromatic carbocycles. The van der Waals surface area contributed by atoms with Gasteiger partial charge < -0.3 is 9.64 Å². The second-order valence-corrected chi connectivity index (χ2v) is 8.44. The van der Waals surface area contributed by atoms with Gasteiger partial charge in [0.05, 0.1) is 16.8 Å². The molecule has 1 heterocycles. The van der Waals surface area contributed by atoms with Crippen molar-refractivity contribution >= 4 is 44.2 Å². The highest BCUT2D eigenvalue weighted by atomic mass is 35.5. The van der Waals surface area contributed by atoms with Crippen molar-refractivity contribution < 1.29 is 9.53 Å². The highest BCUT2D eigenvalue weighted by molar-refractivity contribution is 7.23. The van der Waals surface area contributed by atoms with E-state index in [1.165, 1.54) is 11.3 Å². The lowest BCUT2D eigenvalue weighted by Gasteiger charge is -2.24. The molecule has 0 spiro atoms. The van der Waals surface area contributed by atoms with Crippen LogP contribution in [0.4, 0.5) is 5.13 Å². The molecule has 0 N–H and O–H groups in total. The third-order valence-corrected chi connectivity index (χ3v) is 6.39. The number of aromatic nitrogens is 1. The van der Waals surface area contributed by atoms with Gasteiger partial charge >= 0.3 is 0 Å². The van der Waals surface area contributed by atoms with Gasteiger partial charge in [-0.1, -0.05) is 35.8 Å². The fourth-order valence-corrected chi connectivity index (χ4v) is 4.75. The largest absolute Gasteiger partial charge is 0.494 e. The van der Waals surface area contributed by atoms with Crippen LogP contribution >= 0.6 is 22.9 Å². The van der Waals surface area contributed by atoms with Gasteiger partial charge in [0.25, 0.3) is 0 Å². The molecule has 0 saturated heterocycles. The highest BCUT2D eigenvalue weighted by Gasteiger charge is 2.30. The highest BCUT2D eigenvalue weighted by Crippen LogP contribution is 2.39. The van der Waals surface area contributed by atoms with Gasteiger partial charge in [0, 0.05) is 12.5 Å². The molecule has 3 rings (SSSR count). The molecule has 0 aliphatic heterocycles. The monoisotopic (exact) mass is 395 g/mol. The summed E-state index contributed by atoms with van der Waals surface area (Å²) in [5.41, 5.74) is 0.733. The molecule has 0 unspecified atom stereocenters. The minimum atomic E-state index is 0.124. The van der Waals surface area contributed by atoms with E-state index >= 15 is 0 Å². The zero-order valence-electron chi connectivity index (χ0n) is 15.6. The van der Waals surface area contributed by atoms with Crippen molar-refractivity contribution in [2.75, 3.05) is 39.2 Å². The molecular formula is C19H26ClN3O2S. The molecule has 7 heteroatoms. The summed E-state index contributed by atoms with van der Waals surface area (Å²) in [6, 6.07) is 3.64. The van der Waals surface area contributed by atoms with Crippen LogP contribution in [-0.2, 0) is 4.79 Å². The number of thiazole rings is 1. The number of methoxy groups -OCH3 is 1. The van der Waals surface area contributed by atoms with E-state index in [9.17, 15) is 4.79 Å². The molecule has 0 bridgehead atoms. The molecule has 1 amide bonds. The normalized spacial score (nSPS) is 15.1. The Labute approximate surface area is 163 Å². The van der Waals surface area contributed by atoms with Crippen LogP contribution in [0.25, 0.3) is 10.2 Å². The third kappa shape index (κ3) is 4.13. The molecule has 142 valence electrons. The third-order valence-electron chi connectivity index (χ3n) is 4.86. The molecule has 2 aromatic rings. The summed E-state index contributed by atoms with van der Waals surface area (Å²) in [5.74, 6) is 1.02. The maximum Gasteiger partial charge on any atom is 0.231 e. The number of hydrogen-bond donors (Lipinski definition) is 0. The summed E-state index contributed by atoms with van der Waals surface area (Å²) in [7, 11) is 5.72. The number of benzene rings is 1. The van der Waals surface area contributed by atoms with E-state index < -0.39 is 0 Å². The van der Waals surface area contributed by atoms with Gasteiger partial charge in [-0.15, -0.1) is 0 Å². The lowest BCUT2D eigenvalue weighted by molar-refractivity contribution is -0.122. The van der Waals surface area contributed by atoms with Gasteiger partial charge in [0.15, 0.2) is 5.13 Å². The molecular weight excluding hydrogens is 370 g/mol. The summed E-state index contributed by atoms with van der Waals surface area (Å²) in [6.45, 7) is 1.61. The van der Waals surface area contributed by atoms with Crippen LogP contribution in [0.3, 0.4) is 0 Å². The van der Waals surface area contributed by atoms with Gasteiger partial charge in [0.1, 0.15) is 11.3 Å². The van der Waals surface area contributed by atoms with Gasteiger partial charge in [-0.3, -0.25) is 9.69 Å². The van der Waals surface area contributed by atoms with Crippen LogP contribution in [0.15, 0.2) is 12.1 Å². The minimum absolute atomic E-state index is 0.124. The number of ether oxygens (including phenoxy) is 1. The number of halogens is 1. The Bertz CT molecular complexity index is 771. The maximum atomic E-state index is 13.2. The Kier molecular flexibility index (Phi) is 6.37. The van der Waals surface area contributed by atoms with E-state index in [2.05, 4.69) is 4.90 Å². The van der Waals surface area contributed by atoms with Crippen LogP contribution in [0.5, 0.6) is 5.75 Å². The standard InChI is InChI=1S/C19H26ClN3O2S/c1-22(2)11-6-12-23(18(24)13-7-4-5-8-13)19-21-16-15(25-3)10-9-14(20)17(16)26-19/h9-10,13H,4-8,11-12H2,1-3H3. The first-order chi connectivity index (χ1) is 12.5. The number of carbonyl (C=O) groups excluding carboxylic acids is 1. The predicted octanol–water partition coefficient (Wildman–Crippen LogP) is 4.43. The molecule has 1 aliphatic carbocycles. The van der Waals surface area contributed by atoms with Gasteiger partial charge in [0.2, 0.25) is 5.91 Å². The van der Waals surface area contributed by atoms with E-state index in [4.69, 9.17) is 21.3 Å². The first-order valence-electron chi connectivity index (χ1n) is 9.10. The zero-order chi connectivity index (χ0) is 18.7. The number of rotatable bonds is 7. The molecule has 5 nitrogen and oxygen atoms in total. The Hall–Kier alpha value is -1.37.